The summed E-state index contributed by atoms with van der Waals surface area (Å²) in [7, 11) is 0. The van der Waals surface area contributed by atoms with Gasteiger partial charge >= 0.3 is 0 Å². The summed E-state index contributed by atoms with van der Waals surface area (Å²) in [6.07, 6.45) is 3.71. The zero-order valence-corrected chi connectivity index (χ0v) is 17.1. The second-order valence-electron chi connectivity index (χ2n) is 7.18. The van der Waals surface area contributed by atoms with Crippen molar-refractivity contribution in [3.05, 3.63) is 53.1 Å². The first kappa shape index (κ1) is 20.2. The van der Waals surface area contributed by atoms with Gasteiger partial charge in [-0.05, 0) is 74.2 Å². The smallest absolute Gasteiger partial charge is 0.244 e. The molecule has 1 saturated heterocycles. The molecule has 148 valence electrons. The van der Waals surface area contributed by atoms with Crippen molar-refractivity contribution in [1.82, 2.24) is 0 Å². The maximum Gasteiger partial charge on any atom is 0.244 e. The van der Waals surface area contributed by atoms with Crippen molar-refractivity contribution < 1.29 is 9.59 Å². The lowest BCUT2D eigenvalue weighted by Crippen LogP contribution is -2.36. The Bertz CT molecular complexity index is 845. The summed E-state index contributed by atoms with van der Waals surface area (Å²) >= 11 is 5.96. The average molecular weight is 400 g/mol. The van der Waals surface area contributed by atoms with E-state index in [0.29, 0.717) is 10.7 Å². The molecule has 28 heavy (non-hydrogen) atoms. The summed E-state index contributed by atoms with van der Waals surface area (Å²) in [5.74, 6) is -0.422. The van der Waals surface area contributed by atoms with Crippen molar-refractivity contribution in [2.45, 2.75) is 33.1 Å². The molecule has 3 rings (SSSR count). The number of rotatable bonds is 5. The van der Waals surface area contributed by atoms with E-state index in [1.54, 1.807) is 18.2 Å². The Balaban J connectivity index is 1.68. The number of piperidine rings is 1. The molecule has 1 N–H and O–H groups in total. The molecule has 0 bridgehead atoms. The molecule has 0 unspecified atom stereocenters. The fraction of sp³-hybridized carbons (Fsp3) is 0.364. The van der Waals surface area contributed by atoms with Crippen LogP contribution in [0.4, 0.5) is 17.1 Å². The fourth-order valence-corrected chi connectivity index (χ4v) is 3.71. The van der Waals surface area contributed by atoms with Gasteiger partial charge in [-0.25, -0.2) is 0 Å². The van der Waals surface area contributed by atoms with Gasteiger partial charge in [0, 0.05) is 42.1 Å². The van der Waals surface area contributed by atoms with Gasteiger partial charge in [0.25, 0.3) is 0 Å². The highest BCUT2D eigenvalue weighted by Gasteiger charge is 2.17. The van der Waals surface area contributed by atoms with Crippen LogP contribution < -0.4 is 15.1 Å². The van der Waals surface area contributed by atoms with Crippen molar-refractivity contribution in [3.63, 3.8) is 0 Å². The number of hydrogen-bond acceptors (Lipinski definition) is 3. The van der Waals surface area contributed by atoms with Crippen LogP contribution in [0.15, 0.2) is 42.5 Å². The molecule has 1 heterocycles. The number of halogens is 1. The number of carbonyl (C=O) groups excluding carboxylic acids is 2. The molecule has 2 aromatic rings. The molecule has 0 aromatic heterocycles. The minimum absolute atomic E-state index is 0.0412. The van der Waals surface area contributed by atoms with Gasteiger partial charge in [-0.15, -0.1) is 0 Å². The van der Waals surface area contributed by atoms with Gasteiger partial charge in [0.15, 0.2) is 0 Å². The number of amides is 2. The van der Waals surface area contributed by atoms with Crippen LogP contribution in [0.3, 0.4) is 0 Å². The van der Waals surface area contributed by atoms with Crippen LogP contribution >= 0.6 is 11.6 Å². The predicted octanol–water partition coefficient (Wildman–Crippen LogP) is 4.63. The van der Waals surface area contributed by atoms with Crippen molar-refractivity contribution in [2.75, 3.05) is 34.8 Å². The van der Waals surface area contributed by atoms with E-state index in [4.69, 9.17) is 11.6 Å². The second-order valence-corrected chi connectivity index (χ2v) is 7.61. The lowest BCUT2D eigenvalue weighted by Gasteiger charge is -2.29. The molecule has 5 nitrogen and oxygen atoms in total. The number of aryl methyl sites for hydroxylation is 1. The quantitative estimate of drug-likeness (QED) is 0.797. The summed E-state index contributed by atoms with van der Waals surface area (Å²) in [6, 6.07) is 13.2. The molecular weight excluding hydrogens is 374 g/mol. The monoisotopic (exact) mass is 399 g/mol. The van der Waals surface area contributed by atoms with E-state index in [0.717, 1.165) is 30.0 Å². The molecule has 1 fully saturated rings. The maximum atomic E-state index is 12.5. The van der Waals surface area contributed by atoms with E-state index >= 15 is 0 Å². The molecule has 0 aliphatic carbocycles. The van der Waals surface area contributed by atoms with Gasteiger partial charge in [-0.1, -0.05) is 11.6 Å². The third-order valence-electron chi connectivity index (χ3n) is 5.03. The Hall–Kier alpha value is -2.53. The normalized spacial score (nSPS) is 13.9. The summed E-state index contributed by atoms with van der Waals surface area (Å²) in [4.78, 5) is 28.5. The second kappa shape index (κ2) is 9.11. The van der Waals surface area contributed by atoms with Gasteiger partial charge in [0.05, 0.1) is 0 Å². The minimum atomic E-state index is -0.249. The first-order valence-electron chi connectivity index (χ1n) is 9.63. The van der Waals surface area contributed by atoms with Gasteiger partial charge in [-0.3, -0.25) is 9.59 Å². The van der Waals surface area contributed by atoms with Crippen LogP contribution in [0, 0.1) is 6.92 Å². The Kier molecular flexibility index (Phi) is 6.57. The SMILES string of the molecule is CC(=O)N(CC(=O)Nc1ccc(Cl)cc1C)c1ccc(N2CCCCC2)cc1. The van der Waals surface area contributed by atoms with Crippen LogP contribution in [0.1, 0.15) is 31.7 Å². The number of anilines is 3. The van der Waals surface area contributed by atoms with E-state index in [-0.39, 0.29) is 18.4 Å². The number of carbonyl (C=O) groups is 2. The Morgan fingerprint density at radius 3 is 2.36 bits per heavy atom. The van der Waals surface area contributed by atoms with Gasteiger partial charge in [0.2, 0.25) is 11.8 Å². The molecule has 2 amide bonds. The third kappa shape index (κ3) is 5.04. The first-order chi connectivity index (χ1) is 13.4. The molecule has 1 aliphatic rings. The molecule has 1 aliphatic heterocycles. The number of benzene rings is 2. The van der Waals surface area contributed by atoms with Crippen molar-refractivity contribution >= 4 is 40.5 Å². The summed E-state index contributed by atoms with van der Waals surface area (Å²) in [5.41, 5.74) is 3.45. The predicted molar refractivity (Wildman–Crippen MR) is 115 cm³/mol. The topological polar surface area (TPSA) is 52.7 Å². The molecule has 0 radical (unpaired) electrons. The maximum absolute atomic E-state index is 12.5. The molecular formula is C22H26ClN3O2. The van der Waals surface area contributed by atoms with E-state index in [2.05, 4.69) is 10.2 Å². The number of nitrogens with one attached hydrogen (secondary N) is 1. The average Bonchev–Trinajstić information content (AvgIpc) is 2.69. The molecule has 0 atom stereocenters. The zero-order chi connectivity index (χ0) is 20.1. The van der Waals surface area contributed by atoms with Crippen LogP contribution in [0.5, 0.6) is 0 Å². The minimum Gasteiger partial charge on any atom is -0.372 e. The van der Waals surface area contributed by atoms with Crippen molar-refractivity contribution in [1.29, 1.82) is 0 Å². The molecule has 2 aromatic carbocycles. The van der Waals surface area contributed by atoms with Crippen LogP contribution in [0.25, 0.3) is 0 Å². The van der Waals surface area contributed by atoms with Crippen molar-refractivity contribution in [2.24, 2.45) is 0 Å². The fourth-order valence-electron chi connectivity index (χ4n) is 3.48. The Labute approximate surface area is 171 Å². The van der Waals surface area contributed by atoms with E-state index in [9.17, 15) is 9.59 Å². The van der Waals surface area contributed by atoms with E-state index in [1.807, 2.05) is 31.2 Å². The number of hydrogen-bond donors (Lipinski definition) is 1. The zero-order valence-electron chi connectivity index (χ0n) is 16.4. The van der Waals surface area contributed by atoms with Gasteiger partial charge < -0.3 is 15.1 Å². The molecule has 0 saturated carbocycles. The standard InChI is InChI=1S/C22H26ClN3O2/c1-16-14-18(23)6-11-21(16)24-22(28)15-26(17(2)27)20-9-7-19(8-10-20)25-12-4-3-5-13-25/h6-11,14H,3-5,12-13,15H2,1-2H3,(H,24,28). The Morgan fingerprint density at radius 1 is 1.07 bits per heavy atom. The third-order valence-corrected chi connectivity index (χ3v) is 5.26. The first-order valence-corrected chi connectivity index (χ1v) is 10.0. The Morgan fingerprint density at radius 2 is 1.75 bits per heavy atom. The highest BCUT2D eigenvalue weighted by Crippen LogP contribution is 2.24. The summed E-state index contributed by atoms with van der Waals surface area (Å²) in [5, 5.41) is 3.48. The number of nitrogens with zero attached hydrogens (tertiary/aromatic N) is 2. The lowest BCUT2D eigenvalue weighted by molar-refractivity contribution is -0.120. The van der Waals surface area contributed by atoms with Gasteiger partial charge in [0.1, 0.15) is 6.54 Å². The lowest BCUT2D eigenvalue weighted by atomic mass is 10.1. The summed E-state index contributed by atoms with van der Waals surface area (Å²) < 4.78 is 0. The largest absolute Gasteiger partial charge is 0.372 e. The van der Waals surface area contributed by atoms with Crippen LogP contribution in [0.2, 0.25) is 5.02 Å². The van der Waals surface area contributed by atoms with E-state index in [1.165, 1.54) is 31.1 Å². The van der Waals surface area contributed by atoms with Gasteiger partial charge in [-0.2, -0.15) is 0 Å². The van der Waals surface area contributed by atoms with Crippen LogP contribution in [-0.2, 0) is 9.59 Å². The van der Waals surface area contributed by atoms with Crippen LogP contribution in [-0.4, -0.2) is 31.4 Å². The molecule has 6 heteroatoms. The van der Waals surface area contributed by atoms with E-state index < -0.39 is 0 Å². The molecule has 0 spiro atoms. The highest BCUT2D eigenvalue weighted by molar-refractivity contribution is 6.30. The summed E-state index contributed by atoms with van der Waals surface area (Å²) in [6.45, 7) is 5.45. The van der Waals surface area contributed by atoms with Crippen molar-refractivity contribution in [3.8, 4) is 0 Å². The highest BCUT2D eigenvalue weighted by atomic mass is 35.5.